The predicted octanol–water partition coefficient (Wildman–Crippen LogP) is 4.34. The zero-order chi connectivity index (χ0) is 21.1. The third kappa shape index (κ3) is 4.64. The number of aryl methyl sites for hydroxylation is 3. The Morgan fingerprint density at radius 1 is 1.28 bits per heavy atom. The van der Waals surface area contributed by atoms with Gasteiger partial charge in [-0.15, -0.1) is 11.3 Å². The Morgan fingerprint density at radius 3 is 2.69 bits per heavy atom. The van der Waals surface area contributed by atoms with Crippen LogP contribution in [0.15, 0.2) is 16.7 Å². The quantitative estimate of drug-likeness (QED) is 0.577. The van der Waals surface area contributed by atoms with E-state index in [1.165, 1.54) is 0 Å². The Morgan fingerprint density at radius 2 is 2.03 bits per heavy atom. The summed E-state index contributed by atoms with van der Waals surface area (Å²) in [7, 11) is 0. The van der Waals surface area contributed by atoms with E-state index in [0.717, 1.165) is 28.2 Å². The van der Waals surface area contributed by atoms with Gasteiger partial charge in [0.15, 0.2) is 6.61 Å². The highest BCUT2D eigenvalue weighted by Gasteiger charge is 2.22. The number of rotatable bonds is 7. The van der Waals surface area contributed by atoms with Crippen molar-refractivity contribution in [2.75, 3.05) is 6.61 Å². The maximum Gasteiger partial charge on any atom is 0.339 e. The molecule has 0 spiro atoms. The lowest BCUT2D eigenvalue weighted by Crippen LogP contribution is -2.35. The Balaban J connectivity index is 1.87. The van der Waals surface area contributed by atoms with Gasteiger partial charge >= 0.3 is 5.97 Å². The summed E-state index contributed by atoms with van der Waals surface area (Å²) in [5, 5.41) is 7.26. The normalized spacial score (nSPS) is 12.2. The largest absolute Gasteiger partial charge is 0.452 e. The van der Waals surface area contributed by atoms with Crippen molar-refractivity contribution in [3.05, 3.63) is 33.1 Å². The lowest BCUT2D eigenvalue weighted by Gasteiger charge is -2.13. The molecule has 0 aliphatic rings. The monoisotopic (exact) mass is 415 g/mol. The molecule has 3 heterocycles. The van der Waals surface area contributed by atoms with Crippen LogP contribution in [0.25, 0.3) is 22.4 Å². The number of carbonyl (C=O) groups excluding carboxylic acids is 2. The summed E-state index contributed by atoms with van der Waals surface area (Å²) >= 11 is 1.66. The van der Waals surface area contributed by atoms with Crippen LogP contribution >= 0.6 is 11.3 Å². The molecule has 29 heavy (non-hydrogen) atoms. The molecule has 3 aromatic heterocycles. The fraction of sp³-hybridized carbons (Fsp3) is 0.429. The van der Waals surface area contributed by atoms with E-state index in [1.54, 1.807) is 24.3 Å². The molecule has 3 rings (SSSR count). The van der Waals surface area contributed by atoms with Crippen molar-refractivity contribution in [3.8, 4) is 11.3 Å². The van der Waals surface area contributed by atoms with Crippen molar-refractivity contribution in [1.82, 2.24) is 15.5 Å². The van der Waals surface area contributed by atoms with Crippen LogP contribution in [0.2, 0.25) is 0 Å². The highest BCUT2D eigenvalue weighted by Crippen LogP contribution is 2.33. The van der Waals surface area contributed by atoms with E-state index in [2.05, 4.69) is 15.5 Å². The minimum absolute atomic E-state index is 0.0376. The first-order valence-electron chi connectivity index (χ1n) is 9.61. The molecular formula is C21H25N3O4S. The number of aromatic nitrogens is 2. The first-order chi connectivity index (χ1) is 13.8. The maximum atomic E-state index is 12.8. The zero-order valence-corrected chi connectivity index (χ0v) is 18.1. The smallest absolute Gasteiger partial charge is 0.339 e. The van der Waals surface area contributed by atoms with Crippen LogP contribution < -0.4 is 5.32 Å². The molecule has 1 amide bonds. The molecule has 1 N–H and O–H groups in total. The summed E-state index contributed by atoms with van der Waals surface area (Å²) in [6.45, 7) is 9.40. The van der Waals surface area contributed by atoms with Crippen molar-refractivity contribution < 1.29 is 18.8 Å². The van der Waals surface area contributed by atoms with Crippen molar-refractivity contribution in [2.45, 2.75) is 53.5 Å². The topological polar surface area (TPSA) is 94.3 Å². The van der Waals surface area contributed by atoms with Gasteiger partial charge in [0.05, 0.1) is 22.3 Å². The van der Waals surface area contributed by atoms with Crippen LogP contribution in [0.3, 0.4) is 0 Å². The molecule has 0 radical (unpaired) electrons. The summed E-state index contributed by atoms with van der Waals surface area (Å²) in [4.78, 5) is 31.6. The second-order valence-corrected chi connectivity index (χ2v) is 8.62. The van der Waals surface area contributed by atoms with Crippen LogP contribution in [0.5, 0.6) is 0 Å². The number of hydrogen-bond donors (Lipinski definition) is 1. The van der Waals surface area contributed by atoms with Gasteiger partial charge in [0, 0.05) is 21.4 Å². The first-order valence-corrected chi connectivity index (χ1v) is 10.4. The van der Waals surface area contributed by atoms with Gasteiger partial charge in [-0.2, -0.15) is 0 Å². The van der Waals surface area contributed by atoms with E-state index in [-0.39, 0.29) is 24.3 Å². The number of amides is 1. The van der Waals surface area contributed by atoms with Crippen LogP contribution in [0.1, 0.15) is 52.5 Å². The van der Waals surface area contributed by atoms with Gasteiger partial charge in [-0.05, 0) is 46.2 Å². The summed E-state index contributed by atoms with van der Waals surface area (Å²) in [6.07, 6.45) is 1.83. The lowest BCUT2D eigenvalue weighted by atomic mass is 10.1. The SMILES string of the molecule is CCCC(C)NC(=O)COC(=O)c1cc(-c2cc(C)sc2C)nc2onc(C)c12. The molecule has 0 bridgehead atoms. The van der Waals surface area contributed by atoms with Crippen molar-refractivity contribution in [3.63, 3.8) is 0 Å². The number of pyridine rings is 1. The van der Waals surface area contributed by atoms with Crippen LogP contribution in [0.4, 0.5) is 0 Å². The van der Waals surface area contributed by atoms with Crippen molar-refractivity contribution >= 4 is 34.3 Å². The third-order valence-corrected chi connectivity index (χ3v) is 5.58. The number of hydrogen-bond acceptors (Lipinski definition) is 7. The number of nitrogens with zero attached hydrogens (tertiary/aromatic N) is 2. The van der Waals surface area contributed by atoms with Gasteiger partial charge in [-0.25, -0.2) is 9.78 Å². The molecule has 0 fully saturated rings. The van der Waals surface area contributed by atoms with Crippen molar-refractivity contribution in [1.29, 1.82) is 0 Å². The van der Waals surface area contributed by atoms with Gasteiger partial charge in [-0.1, -0.05) is 18.5 Å². The minimum Gasteiger partial charge on any atom is -0.452 e. The first kappa shape index (κ1) is 21.0. The molecule has 0 aromatic carbocycles. The van der Waals surface area contributed by atoms with E-state index in [4.69, 9.17) is 9.26 Å². The molecule has 0 aliphatic heterocycles. The van der Waals surface area contributed by atoms with Gasteiger partial charge in [0.1, 0.15) is 0 Å². The van der Waals surface area contributed by atoms with Gasteiger partial charge < -0.3 is 14.6 Å². The molecule has 8 heteroatoms. The lowest BCUT2D eigenvalue weighted by molar-refractivity contribution is -0.124. The molecular weight excluding hydrogens is 390 g/mol. The van der Waals surface area contributed by atoms with E-state index in [1.807, 2.05) is 33.8 Å². The van der Waals surface area contributed by atoms with E-state index in [0.29, 0.717) is 22.3 Å². The van der Waals surface area contributed by atoms with E-state index in [9.17, 15) is 9.59 Å². The highest BCUT2D eigenvalue weighted by atomic mass is 32.1. The molecule has 0 aliphatic carbocycles. The Labute approximate surface area is 173 Å². The number of ether oxygens (including phenoxy) is 1. The van der Waals surface area contributed by atoms with Gasteiger partial charge in [0.25, 0.3) is 11.6 Å². The molecule has 7 nitrogen and oxygen atoms in total. The van der Waals surface area contributed by atoms with Gasteiger partial charge in [0.2, 0.25) is 0 Å². The Hall–Kier alpha value is -2.74. The number of carbonyl (C=O) groups is 2. The molecule has 1 unspecified atom stereocenters. The average molecular weight is 416 g/mol. The van der Waals surface area contributed by atoms with E-state index >= 15 is 0 Å². The average Bonchev–Trinajstić information content (AvgIpc) is 3.20. The fourth-order valence-corrected chi connectivity index (χ4v) is 4.24. The number of nitrogens with one attached hydrogen (secondary N) is 1. The summed E-state index contributed by atoms with van der Waals surface area (Å²) in [5.74, 6) is -0.927. The Kier molecular flexibility index (Phi) is 6.32. The third-order valence-electron chi connectivity index (χ3n) is 4.62. The summed E-state index contributed by atoms with van der Waals surface area (Å²) < 4.78 is 10.6. The second kappa shape index (κ2) is 8.73. The second-order valence-electron chi connectivity index (χ2n) is 7.16. The highest BCUT2D eigenvalue weighted by molar-refractivity contribution is 7.12. The van der Waals surface area contributed by atoms with Crippen LogP contribution in [-0.4, -0.2) is 34.7 Å². The number of esters is 1. The number of thiophene rings is 1. The number of fused-ring (bicyclic) bond motifs is 1. The maximum absolute atomic E-state index is 12.8. The molecule has 1 atom stereocenters. The van der Waals surface area contributed by atoms with Crippen LogP contribution in [0, 0.1) is 20.8 Å². The van der Waals surface area contributed by atoms with Crippen molar-refractivity contribution in [2.24, 2.45) is 0 Å². The summed E-state index contributed by atoms with van der Waals surface area (Å²) in [6, 6.07) is 3.74. The minimum atomic E-state index is -0.604. The van der Waals surface area contributed by atoms with Crippen LogP contribution in [-0.2, 0) is 9.53 Å². The zero-order valence-electron chi connectivity index (χ0n) is 17.3. The van der Waals surface area contributed by atoms with E-state index < -0.39 is 5.97 Å². The standard InChI is InChI=1S/C21H25N3O4S/c1-6-7-11(2)22-18(25)10-27-21(26)16-9-17(15-8-12(3)29-14(15)5)23-20-19(16)13(4)24-28-20/h8-9,11H,6-7,10H2,1-5H3,(H,22,25). The molecule has 0 saturated carbocycles. The molecule has 3 aromatic rings. The predicted molar refractivity (Wildman–Crippen MR) is 112 cm³/mol. The van der Waals surface area contributed by atoms with Gasteiger partial charge in [-0.3, -0.25) is 4.79 Å². The Bertz CT molecular complexity index is 1050. The fourth-order valence-electron chi connectivity index (χ4n) is 3.31. The summed E-state index contributed by atoms with van der Waals surface area (Å²) in [5.41, 5.74) is 2.66. The molecule has 0 saturated heterocycles. The molecule has 154 valence electrons.